The molecule has 0 radical (unpaired) electrons. The summed E-state index contributed by atoms with van der Waals surface area (Å²) in [5, 5.41) is 3.60. The third kappa shape index (κ3) is 4.66. The average Bonchev–Trinajstić information content (AvgIpc) is 3.09. The Hall–Kier alpha value is -3.86. The first-order valence-corrected chi connectivity index (χ1v) is 13.4. The SMILES string of the molecule is CCC(=O)N1c2ccccc2NC2=C(C(=O)CC(c3ccc(N(CC)CC)cc3)C2)C1c1ccccc1. The van der Waals surface area contributed by atoms with Crippen molar-refractivity contribution in [3.05, 3.63) is 101 Å². The molecule has 2 atom stereocenters. The van der Waals surface area contributed by atoms with Crippen LogP contribution in [0, 0.1) is 0 Å². The molecule has 1 amide bonds. The Morgan fingerprint density at radius 3 is 2.22 bits per heavy atom. The Morgan fingerprint density at radius 2 is 1.54 bits per heavy atom. The number of allylic oxidation sites excluding steroid dienone is 1. The van der Waals surface area contributed by atoms with Crippen LogP contribution in [0.4, 0.5) is 17.1 Å². The third-order valence-corrected chi connectivity index (χ3v) is 7.67. The van der Waals surface area contributed by atoms with Gasteiger partial charge in [0.2, 0.25) is 5.91 Å². The first-order valence-electron chi connectivity index (χ1n) is 13.4. The van der Waals surface area contributed by atoms with Gasteiger partial charge >= 0.3 is 0 Å². The van der Waals surface area contributed by atoms with Crippen LogP contribution in [0.5, 0.6) is 0 Å². The van der Waals surface area contributed by atoms with Crippen molar-refractivity contribution in [3.8, 4) is 0 Å². The van der Waals surface area contributed by atoms with Crippen LogP contribution in [0.15, 0.2) is 90.1 Å². The first-order chi connectivity index (χ1) is 18.0. The Kier molecular flexibility index (Phi) is 7.13. The predicted octanol–water partition coefficient (Wildman–Crippen LogP) is 6.84. The minimum absolute atomic E-state index is 0.00114. The van der Waals surface area contributed by atoms with Crippen LogP contribution in [0.3, 0.4) is 0 Å². The highest BCUT2D eigenvalue weighted by Gasteiger charge is 2.41. The Labute approximate surface area is 219 Å². The lowest BCUT2D eigenvalue weighted by atomic mass is 9.78. The summed E-state index contributed by atoms with van der Waals surface area (Å²) in [7, 11) is 0. The van der Waals surface area contributed by atoms with Gasteiger partial charge in [-0.3, -0.25) is 14.5 Å². The van der Waals surface area contributed by atoms with Crippen LogP contribution in [0.25, 0.3) is 0 Å². The molecular formula is C32H35N3O2. The molecule has 2 aliphatic rings. The van der Waals surface area contributed by atoms with E-state index in [2.05, 4.69) is 48.3 Å². The number of nitrogens with zero attached hydrogens (tertiary/aromatic N) is 2. The average molecular weight is 494 g/mol. The quantitative estimate of drug-likeness (QED) is 0.408. The lowest BCUT2D eigenvalue weighted by Gasteiger charge is -2.35. The van der Waals surface area contributed by atoms with Gasteiger partial charge in [-0.15, -0.1) is 0 Å². The minimum atomic E-state index is -0.460. The lowest BCUT2D eigenvalue weighted by Crippen LogP contribution is -2.38. The standard InChI is InChI=1S/C32H35N3O2/c1-4-30(37)35-28-15-11-10-14-26(28)33-27-20-24(22-16-18-25(19-17-22)34(5-2)6-3)21-29(36)31(27)32(35)23-12-8-7-9-13-23/h7-19,24,32-33H,4-6,20-21H2,1-3H3. The first kappa shape index (κ1) is 24.8. The highest BCUT2D eigenvalue weighted by atomic mass is 16.2. The molecule has 5 nitrogen and oxygen atoms in total. The van der Waals surface area contributed by atoms with Crippen LogP contribution in [-0.4, -0.2) is 24.8 Å². The van der Waals surface area contributed by atoms with Gasteiger partial charge in [0, 0.05) is 42.9 Å². The van der Waals surface area contributed by atoms with Crippen molar-refractivity contribution in [3.63, 3.8) is 0 Å². The summed E-state index contributed by atoms with van der Waals surface area (Å²) in [5.74, 6) is 0.183. The Morgan fingerprint density at radius 1 is 0.865 bits per heavy atom. The van der Waals surface area contributed by atoms with Gasteiger partial charge in [-0.25, -0.2) is 0 Å². The fourth-order valence-electron chi connectivity index (χ4n) is 5.77. The van der Waals surface area contributed by atoms with E-state index in [4.69, 9.17) is 0 Å². The van der Waals surface area contributed by atoms with Crippen LogP contribution in [0.2, 0.25) is 0 Å². The maximum atomic E-state index is 14.0. The zero-order valence-corrected chi connectivity index (χ0v) is 21.9. The number of nitrogens with one attached hydrogen (secondary N) is 1. The van der Waals surface area contributed by atoms with Crippen LogP contribution in [0.1, 0.15) is 63.1 Å². The summed E-state index contributed by atoms with van der Waals surface area (Å²) in [6.07, 6.45) is 1.51. The van der Waals surface area contributed by atoms with Crippen LogP contribution < -0.4 is 15.1 Å². The Bertz CT molecular complexity index is 1310. The molecule has 0 saturated heterocycles. The van der Waals surface area contributed by atoms with Crippen molar-refractivity contribution >= 4 is 28.8 Å². The second kappa shape index (κ2) is 10.6. The molecule has 0 saturated carbocycles. The fourth-order valence-corrected chi connectivity index (χ4v) is 5.77. The topological polar surface area (TPSA) is 52.7 Å². The van der Waals surface area contributed by atoms with Crippen molar-refractivity contribution in [1.29, 1.82) is 0 Å². The highest BCUT2D eigenvalue weighted by molar-refractivity contribution is 6.06. The molecule has 3 aromatic carbocycles. The van der Waals surface area contributed by atoms with E-state index in [-0.39, 0.29) is 17.6 Å². The molecule has 5 rings (SSSR count). The maximum absolute atomic E-state index is 14.0. The number of fused-ring (bicyclic) bond motifs is 1. The van der Waals surface area contributed by atoms with E-state index in [0.29, 0.717) is 18.4 Å². The number of hydrogen-bond acceptors (Lipinski definition) is 4. The molecule has 1 aliphatic carbocycles. The van der Waals surface area contributed by atoms with Gasteiger partial charge in [0.25, 0.3) is 0 Å². The van der Waals surface area contributed by atoms with Gasteiger partial charge in [0.05, 0.1) is 17.4 Å². The smallest absolute Gasteiger partial charge is 0.227 e. The van der Waals surface area contributed by atoms with Crippen molar-refractivity contribution in [1.82, 2.24) is 0 Å². The summed E-state index contributed by atoms with van der Waals surface area (Å²) in [6, 6.07) is 26.1. The molecule has 1 heterocycles. The highest BCUT2D eigenvalue weighted by Crippen LogP contribution is 2.47. The molecule has 0 bridgehead atoms. The van der Waals surface area contributed by atoms with Crippen molar-refractivity contribution in [2.45, 2.75) is 52.0 Å². The molecule has 1 aliphatic heterocycles. The number of anilines is 3. The summed E-state index contributed by atoms with van der Waals surface area (Å²) in [5.41, 5.74) is 6.63. The van der Waals surface area contributed by atoms with Crippen LogP contribution >= 0.6 is 0 Å². The maximum Gasteiger partial charge on any atom is 0.227 e. The number of hydrogen-bond donors (Lipinski definition) is 1. The molecule has 0 aromatic heterocycles. The summed E-state index contributed by atoms with van der Waals surface area (Å²) in [6.45, 7) is 8.13. The second-order valence-corrected chi connectivity index (χ2v) is 9.76. The number of Topliss-reactive ketones (excluding diaryl/α,β-unsaturated/α-hetero) is 1. The molecule has 3 aromatic rings. The van der Waals surface area contributed by atoms with Gasteiger partial charge in [-0.2, -0.15) is 0 Å². The van der Waals surface area contributed by atoms with Crippen molar-refractivity contribution in [2.24, 2.45) is 0 Å². The van der Waals surface area contributed by atoms with E-state index in [1.54, 1.807) is 0 Å². The van der Waals surface area contributed by atoms with Gasteiger partial charge in [0.1, 0.15) is 0 Å². The van der Waals surface area contributed by atoms with Gasteiger partial charge in [-0.1, -0.05) is 61.5 Å². The zero-order valence-electron chi connectivity index (χ0n) is 21.9. The van der Waals surface area contributed by atoms with Gasteiger partial charge in [-0.05, 0) is 61.6 Å². The van der Waals surface area contributed by atoms with E-state index >= 15 is 0 Å². The largest absolute Gasteiger partial charge is 0.372 e. The Balaban J connectivity index is 1.60. The molecule has 0 spiro atoms. The van der Waals surface area contributed by atoms with Crippen molar-refractivity contribution in [2.75, 3.05) is 28.2 Å². The molecule has 5 heteroatoms. The molecule has 0 fully saturated rings. The second-order valence-electron chi connectivity index (χ2n) is 9.76. The number of benzene rings is 3. The number of rotatable bonds is 6. The molecule has 37 heavy (non-hydrogen) atoms. The number of ketones is 1. The third-order valence-electron chi connectivity index (χ3n) is 7.67. The normalized spacial score (nSPS) is 19.0. The molecule has 2 unspecified atom stereocenters. The van der Waals surface area contributed by atoms with Gasteiger partial charge in [0.15, 0.2) is 5.78 Å². The van der Waals surface area contributed by atoms with Gasteiger partial charge < -0.3 is 10.2 Å². The van der Waals surface area contributed by atoms with E-state index in [1.165, 1.54) is 11.3 Å². The van der Waals surface area contributed by atoms with E-state index in [9.17, 15) is 9.59 Å². The lowest BCUT2D eigenvalue weighted by molar-refractivity contribution is -0.119. The molecule has 190 valence electrons. The number of amides is 1. The van der Waals surface area contributed by atoms with Crippen LogP contribution in [-0.2, 0) is 9.59 Å². The monoisotopic (exact) mass is 493 g/mol. The minimum Gasteiger partial charge on any atom is -0.372 e. The van der Waals surface area contributed by atoms with E-state index in [1.807, 2.05) is 66.4 Å². The number of carbonyl (C=O) groups excluding carboxylic acids is 2. The fraction of sp³-hybridized carbons (Fsp3) is 0.312. The molecule has 1 N–H and O–H groups in total. The summed E-state index contributed by atoms with van der Waals surface area (Å²) < 4.78 is 0. The summed E-state index contributed by atoms with van der Waals surface area (Å²) >= 11 is 0. The van der Waals surface area contributed by atoms with E-state index < -0.39 is 6.04 Å². The number of para-hydroxylation sites is 2. The number of carbonyl (C=O) groups is 2. The molecular weight excluding hydrogens is 458 g/mol. The van der Waals surface area contributed by atoms with Crippen molar-refractivity contribution < 1.29 is 9.59 Å². The predicted molar refractivity (Wildman–Crippen MR) is 151 cm³/mol. The zero-order chi connectivity index (χ0) is 25.9. The van der Waals surface area contributed by atoms with E-state index in [0.717, 1.165) is 42.1 Å². The summed E-state index contributed by atoms with van der Waals surface area (Å²) in [4.78, 5) is 31.6.